The third-order valence-corrected chi connectivity index (χ3v) is 7.63. The Kier molecular flexibility index (Phi) is 4.64. The summed E-state index contributed by atoms with van der Waals surface area (Å²) in [7, 11) is 0. The second-order valence-corrected chi connectivity index (χ2v) is 10.1. The molecule has 2 aliphatic rings. The van der Waals surface area contributed by atoms with E-state index in [9.17, 15) is 10.4 Å². The van der Waals surface area contributed by atoms with Gasteiger partial charge in [0.15, 0.2) is 0 Å². The third-order valence-electron chi connectivity index (χ3n) is 6.28. The van der Waals surface area contributed by atoms with Crippen molar-refractivity contribution in [2.24, 2.45) is 0 Å². The van der Waals surface area contributed by atoms with Crippen molar-refractivity contribution >= 4 is 11.8 Å². The maximum absolute atomic E-state index is 9.81. The average molecular weight is 418 g/mol. The number of nitriles is 1. The number of aromatic nitrogens is 4. The summed E-state index contributed by atoms with van der Waals surface area (Å²) in [5, 5.41) is 28.3. The molecule has 152 valence electrons. The second kappa shape index (κ2) is 7.22. The molecule has 1 N–H and O–H groups in total. The Bertz CT molecular complexity index is 1130. The number of aliphatic hydroxyl groups excluding tert-OH is 1. The number of rotatable bonds is 4. The van der Waals surface area contributed by atoms with Gasteiger partial charge in [-0.2, -0.15) is 17.0 Å². The van der Waals surface area contributed by atoms with E-state index in [1.54, 1.807) is 18.3 Å². The molecule has 1 unspecified atom stereocenters. The van der Waals surface area contributed by atoms with Crippen LogP contribution in [0.4, 0.5) is 0 Å². The number of pyridine rings is 1. The first kappa shape index (κ1) is 19.3. The van der Waals surface area contributed by atoms with E-state index in [4.69, 9.17) is 0 Å². The Morgan fingerprint density at radius 1 is 1.20 bits per heavy atom. The minimum absolute atomic E-state index is 0.0867. The van der Waals surface area contributed by atoms with Crippen molar-refractivity contribution in [2.45, 2.75) is 42.9 Å². The maximum Gasteiger partial charge on any atom is 0.143 e. The van der Waals surface area contributed by atoms with E-state index < -0.39 is 0 Å². The highest BCUT2D eigenvalue weighted by atomic mass is 32.2. The van der Waals surface area contributed by atoms with Gasteiger partial charge < -0.3 is 9.67 Å². The molecule has 6 nitrogen and oxygen atoms in total. The van der Waals surface area contributed by atoms with E-state index in [0.29, 0.717) is 11.3 Å². The molecule has 5 rings (SSSR count). The lowest BCUT2D eigenvalue weighted by atomic mass is 9.93. The lowest BCUT2D eigenvalue weighted by Gasteiger charge is -2.23. The van der Waals surface area contributed by atoms with Crippen LogP contribution >= 0.6 is 11.8 Å². The smallest absolute Gasteiger partial charge is 0.143 e. The van der Waals surface area contributed by atoms with E-state index in [1.807, 2.05) is 11.8 Å². The van der Waals surface area contributed by atoms with Gasteiger partial charge in [-0.3, -0.25) is 4.98 Å². The summed E-state index contributed by atoms with van der Waals surface area (Å²) < 4.78 is 2.08. The van der Waals surface area contributed by atoms with Gasteiger partial charge in [-0.1, -0.05) is 24.3 Å². The molecule has 3 heterocycles. The zero-order valence-electron chi connectivity index (χ0n) is 16.9. The highest BCUT2D eigenvalue weighted by Gasteiger charge is 2.50. The normalized spacial score (nSPS) is 22.0. The van der Waals surface area contributed by atoms with E-state index in [0.717, 1.165) is 48.8 Å². The van der Waals surface area contributed by atoms with Gasteiger partial charge in [-0.05, 0) is 37.5 Å². The van der Waals surface area contributed by atoms with Gasteiger partial charge in [0.05, 0.1) is 23.3 Å². The molecule has 30 heavy (non-hydrogen) atoms. The molecule has 2 aromatic heterocycles. The van der Waals surface area contributed by atoms with E-state index in [1.165, 1.54) is 5.56 Å². The van der Waals surface area contributed by atoms with Crippen LogP contribution in [0.1, 0.15) is 42.5 Å². The number of aliphatic hydroxyl groups is 1. The summed E-state index contributed by atoms with van der Waals surface area (Å²) in [4.78, 5) is 4.40. The third kappa shape index (κ3) is 3.11. The summed E-state index contributed by atoms with van der Waals surface area (Å²) in [5.74, 6) is 2.96. The summed E-state index contributed by atoms with van der Waals surface area (Å²) in [6.07, 6.45) is 4.56. The standard InChI is InChI=1S/C23H23N5OS/c1-22(15-29)13-19-26-27-21(28(19)11-12-30-22)23(8-9-23)18-6-4-16(5-7-18)20-17(14-24)3-2-10-25-20/h2-7,10,29H,8-9,11-13,15H2,1H3. The highest BCUT2D eigenvalue weighted by molar-refractivity contribution is 8.00. The van der Waals surface area contributed by atoms with Crippen LogP contribution in [0.25, 0.3) is 11.3 Å². The number of nitrogens with zero attached hydrogens (tertiary/aromatic N) is 5. The molecular weight excluding hydrogens is 394 g/mol. The fraction of sp³-hybridized carbons (Fsp3) is 0.391. The van der Waals surface area contributed by atoms with Crippen LogP contribution in [0.15, 0.2) is 42.6 Å². The zero-order valence-corrected chi connectivity index (χ0v) is 17.7. The van der Waals surface area contributed by atoms with Crippen LogP contribution in [-0.4, -0.2) is 42.0 Å². The predicted octanol–water partition coefficient (Wildman–Crippen LogP) is 3.33. The van der Waals surface area contributed by atoms with Gasteiger partial charge in [-0.25, -0.2) is 0 Å². The molecule has 1 saturated carbocycles. The van der Waals surface area contributed by atoms with Crippen LogP contribution in [0.2, 0.25) is 0 Å². The van der Waals surface area contributed by atoms with Crippen molar-refractivity contribution in [1.29, 1.82) is 5.26 Å². The van der Waals surface area contributed by atoms with Gasteiger partial charge in [-0.15, -0.1) is 10.2 Å². The first-order chi connectivity index (χ1) is 14.6. The first-order valence-electron chi connectivity index (χ1n) is 10.2. The van der Waals surface area contributed by atoms with Crippen molar-refractivity contribution in [3.05, 3.63) is 65.4 Å². The number of hydrogen-bond acceptors (Lipinski definition) is 6. The molecule has 1 aromatic carbocycles. The fourth-order valence-corrected chi connectivity index (χ4v) is 5.45. The Hall–Kier alpha value is -2.69. The van der Waals surface area contributed by atoms with Gasteiger partial charge in [0.25, 0.3) is 0 Å². The van der Waals surface area contributed by atoms with Crippen LogP contribution < -0.4 is 0 Å². The summed E-state index contributed by atoms with van der Waals surface area (Å²) >= 11 is 1.81. The topological polar surface area (TPSA) is 87.6 Å². The maximum atomic E-state index is 9.81. The van der Waals surface area contributed by atoms with Crippen LogP contribution in [0.5, 0.6) is 0 Å². The molecule has 7 heteroatoms. The molecule has 0 bridgehead atoms. The molecule has 0 spiro atoms. The lowest BCUT2D eigenvalue weighted by molar-refractivity contribution is 0.254. The van der Waals surface area contributed by atoms with Crippen LogP contribution in [0.3, 0.4) is 0 Å². The predicted molar refractivity (Wildman–Crippen MR) is 116 cm³/mol. The average Bonchev–Trinajstić information content (AvgIpc) is 3.53. The number of hydrogen-bond donors (Lipinski definition) is 1. The summed E-state index contributed by atoms with van der Waals surface area (Å²) in [6.45, 7) is 3.11. The number of fused-ring (bicyclic) bond motifs is 1. The minimum Gasteiger partial charge on any atom is -0.395 e. The number of benzene rings is 1. The van der Waals surface area contributed by atoms with Gasteiger partial charge in [0.1, 0.15) is 17.7 Å². The molecular formula is C23H23N5OS. The second-order valence-electron chi connectivity index (χ2n) is 8.40. The van der Waals surface area contributed by atoms with Gasteiger partial charge >= 0.3 is 0 Å². The highest BCUT2D eigenvalue weighted by Crippen LogP contribution is 2.53. The fourth-order valence-electron chi connectivity index (χ4n) is 4.36. The first-order valence-corrected chi connectivity index (χ1v) is 11.2. The van der Waals surface area contributed by atoms with Gasteiger partial charge in [0, 0.05) is 35.2 Å². The molecule has 0 saturated heterocycles. The summed E-state index contributed by atoms with van der Waals surface area (Å²) in [5.41, 5.74) is 3.39. The molecule has 0 amide bonds. The molecule has 3 aromatic rings. The number of thioether (sulfide) groups is 1. The zero-order chi connectivity index (χ0) is 20.8. The Morgan fingerprint density at radius 2 is 2.00 bits per heavy atom. The Morgan fingerprint density at radius 3 is 2.70 bits per heavy atom. The van der Waals surface area contributed by atoms with Crippen molar-refractivity contribution in [3.8, 4) is 17.3 Å². The Balaban J connectivity index is 1.48. The monoisotopic (exact) mass is 417 g/mol. The van der Waals surface area contributed by atoms with Crippen LogP contribution in [-0.2, 0) is 18.4 Å². The van der Waals surface area contributed by atoms with E-state index in [-0.39, 0.29) is 16.8 Å². The largest absolute Gasteiger partial charge is 0.395 e. The molecule has 1 aliphatic heterocycles. The lowest BCUT2D eigenvalue weighted by Crippen LogP contribution is -2.28. The SMILES string of the molecule is CC1(CO)Cc2nnc(C3(c4ccc(-c5ncccc5C#N)cc4)CC3)n2CCS1. The Labute approximate surface area is 180 Å². The van der Waals surface area contributed by atoms with E-state index >= 15 is 0 Å². The molecule has 1 aliphatic carbocycles. The van der Waals surface area contributed by atoms with Crippen molar-refractivity contribution in [2.75, 3.05) is 12.4 Å². The van der Waals surface area contributed by atoms with Crippen molar-refractivity contribution < 1.29 is 5.11 Å². The molecule has 0 radical (unpaired) electrons. The molecule has 1 atom stereocenters. The van der Waals surface area contributed by atoms with Crippen molar-refractivity contribution in [1.82, 2.24) is 19.7 Å². The summed E-state index contributed by atoms with van der Waals surface area (Å²) in [6, 6.07) is 14.2. The quantitative estimate of drug-likeness (QED) is 0.701. The van der Waals surface area contributed by atoms with Crippen LogP contribution in [0, 0.1) is 11.3 Å². The van der Waals surface area contributed by atoms with Crippen molar-refractivity contribution in [3.63, 3.8) is 0 Å². The van der Waals surface area contributed by atoms with E-state index in [2.05, 4.69) is 57.0 Å². The minimum atomic E-state index is -0.196. The molecule has 1 fully saturated rings. The van der Waals surface area contributed by atoms with Gasteiger partial charge in [0.2, 0.25) is 0 Å².